The van der Waals surface area contributed by atoms with Gasteiger partial charge in [-0.15, -0.1) is 0 Å². The standard InChI is InChI=1S/C11H16O4S/c1-9(15-2)3-4-10-5-7-11(8-6-10)16(12,13)14/h5-9H,3-4H2,1-2H3,(H,12,13,14). The van der Waals surface area contributed by atoms with Gasteiger partial charge >= 0.3 is 0 Å². The lowest BCUT2D eigenvalue weighted by atomic mass is 10.1. The van der Waals surface area contributed by atoms with Crippen LogP contribution < -0.4 is 0 Å². The van der Waals surface area contributed by atoms with Crippen LogP contribution in [0.1, 0.15) is 18.9 Å². The Kier molecular flexibility index (Phi) is 4.46. The van der Waals surface area contributed by atoms with E-state index >= 15 is 0 Å². The summed E-state index contributed by atoms with van der Waals surface area (Å²) in [6, 6.07) is 6.21. The molecular formula is C11H16O4S. The molecule has 5 heteroatoms. The van der Waals surface area contributed by atoms with Crippen LogP contribution in [-0.4, -0.2) is 26.2 Å². The Morgan fingerprint density at radius 2 is 1.88 bits per heavy atom. The minimum absolute atomic E-state index is 0.0731. The summed E-state index contributed by atoms with van der Waals surface area (Å²) < 4.78 is 35.5. The lowest BCUT2D eigenvalue weighted by Gasteiger charge is -2.08. The van der Waals surface area contributed by atoms with E-state index in [-0.39, 0.29) is 11.0 Å². The van der Waals surface area contributed by atoms with E-state index in [1.54, 1.807) is 19.2 Å². The molecule has 0 spiro atoms. The van der Waals surface area contributed by atoms with Gasteiger partial charge in [0.1, 0.15) is 0 Å². The summed E-state index contributed by atoms with van der Waals surface area (Å²) >= 11 is 0. The van der Waals surface area contributed by atoms with Gasteiger partial charge in [-0.3, -0.25) is 4.55 Å². The maximum absolute atomic E-state index is 10.8. The van der Waals surface area contributed by atoms with Crippen molar-refractivity contribution in [2.75, 3.05) is 7.11 Å². The molecule has 0 saturated carbocycles. The largest absolute Gasteiger partial charge is 0.382 e. The summed E-state index contributed by atoms with van der Waals surface area (Å²) in [5, 5.41) is 0. The molecule has 0 aliphatic carbocycles. The Bertz CT molecular complexity index is 422. The molecule has 0 aromatic heterocycles. The highest BCUT2D eigenvalue weighted by atomic mass is 32.2. The number of benzene rings is 1. The average Bonchev–Trinajstić information content (AvgIpc) is 2.25. The van der Waals surface area contributed by atoms with Gasteiger partial charge in [-0.1, -0.05) is 12.1 Å². The Balaban J connectivity index is 2.66. The van der Waals surface area contributed by atoms with Crippen LogP contribution in [0.2, 0.25) is 0 Å². The predicted molar refractivity (Wildman–Crippen MR) is 61.0 cm³/mol. The third kappa shape index (κ3) is 3.92. The Labute approximate surface area is 96.0 Å². The molecule has 0 amide bonds. The fourth-order valence-electron chi connectivity index (χ4n) is 1.32. The van der Waals surface area contributed by atoms with Gasteiger partial charge in [0.15, 0.2) is 0 Å². The molecule has 1 atom stereocenters. The highest BCUT2D eigenvalue weighted by Gasteiger charge is 2.08. The van der Waals surface area contributed by atoms with Gasteiger partial charge in [-0.25, -0.2) is 0 Å². The van der Waals surface area contributed by atoms with Crippen molar-refractivity contribution < 1.29 is 17.7 Å². The molecule has 1 rings (SSSR count). The van der Waals surface area contributed by atoms with Crippen molar-refractivity contribution in [1.82, 2.24) is 0 Å². The van der Waals surface area contributed by atoms with Gasteiger partial charge < -0.3 is 4.74 Å². The van der Waals surface area contributed by atoms with Gasteiger partial charge in [-0.2, -0.15) is 8.42 Å². The van der Waals surface area contributed by atoms with Crippen molar-refractivity contribution in [3.05, 3.63) is 29.8 Å². The number of hydrogen-bond donors (Lipinski definition) is 1. The molecule has 0 heterocycles. The van der Waals surface area contributed by atoms with Crippen LogP contribution in [0.3, 0.4) is 0 Å². The summed E-state index contributed by atoms with van der Waals surface area (Å²) in [7, 11) is -2.42. The van der Waals surface area contributed by atoms with E-state index in [2.05, 4.69) is 0 Å². The van der Waals surface area contributed by atoms with Gasteiger partial charge in [-0.05, 0) is 37.5 Å². The number of ether oxygens (including phenoxy) is 1. The summed E-state index contributed by atoms with van der Waals surface area (Å²) in [5.74, 6) is 0. The van der Waals surface area contributed by atoms with Crippen molar-refractivity contribution in [3.63, 3.8) is 0 Å². The molecule has 0 aliphatic heterocycles. The third-order valence-electron chi connectivity index (χ3n) is 2.46. The van der Waals surface area contributed by atoms with Crippen LogP contribution in [0, 0.1) is 0 Å². The van der Waals surface area contributed by atoms with E-state index in [4.69, 9.17) is 9.29 Å². The van der Waals surface area contributed by atoms with Crippen molar-refractivity contribution >= 4 is 10.1 Å². The quantitative estimate of drug-likeness (QED) is 0.803. The molecule has 1 aromatic carbocycles. The first-order chi connectivity index (χ1) is 7.43. The number of hydrogen-bond acceptors (Lipinski definition) is 3. The summed E-state index contributed by atoms with van der Waals surface area (Å²) in [4.78, 5) is -0.0731. The second kappa shape index (κ2) is 5.43. The number of aryl methyl sites for hydroxylation is 1. The monoisotopic (exact) mass is 244 g/mol. The second-order valence-corrected chi connectivity index (χ2v) is 5.13. The lowest BCUT2D eigenvalue weighted by molar-refractivity contribution is 0.111. The van der Waals surface area contributed by atoms with Crippen LogP contribution in [0.25, 0.3) is 0 Å². The minimum Gasteiger partial charge on any atom is -0.382 e. The molecule has 1 unspecified atom stereocenters. The highest BCUT2D eigenvalue weighted by Crippen LogP contribution is 2.12. The molecule has 0 saturated heterocycles. The molecule has 1 N–H and O–H groups in total. The summed E-state index contributed by atoms with van der Waals surface area (Å²) in [6.07, 6.45) is 1.88. The Hall–Kier alpha value is -0.910. The summed E-state index contributed by atoms with van der Waals surface area (Å²) in [6.45, 7) is 1.98. The first kappa shape index (κ1) is 13.2. The van der Waals surface area contributed by atoms with Gasteiger partial charge in [0.2, 0.25) is 0 Å². The molecule has 0 radical (unpaired) electrons. The topological polar surface area (TPSA) is 63.6 Å². The molecule has 1 aromatic rings. The van der Waals surface area contributed by atoms with E-state index in [1.807, 2.05) is 6.92 Å². The van der Waals surface area contributed by atoms with Crippen LogP contribution in [0.4, 0.5) is 0 Å². The van der Waals surface area contributed by atoms with E-state index in [0.717, 1.165) is 18.4 Å². The van der Waals surface area contributed by atoms with Crippen molar-refractivity contribution in [2.24, 2.45) is 0 Å². The maximum Gasteiger partial charge on any atom is 0.294 e. The number of methoxy groups -OCH3 is 1. The van der Waals surface area contributed by atoms with E-state index in [0.29, 0.717) is 0 Å². The SMILES string of the molecule is COC(C)CCc1ccc(S(=O)(=O)O)cc1. The van der Waals surface area contributed by atoms with E-state index < -0.39 is 10.1 Å². The van der Waals surface area contributed by atoms with E-state index in [9.17, 15) is 8.42 Å². The molecule has 0 aliphatic rings. The molecule has 0 bridgehead atoms. The van der Waals surface area contributed by atoms with Crippen LogP contribution in [0.15, 0.2) is 29.2 Å². The fourth-order valence-corrected chi connectivity index (χ4v) is 1.80. The van der Waals surface area contributed by atoms with Crippen LogP contribution >= 0.6 is 0 Å². The van der Waals surface area contributed by atoms with Crippen molar-refractivity contribution in [2.45, 2.75) is 30.8 Å². The minimum atomic E-state index is -4.08. The van der Waals surface area contributed by atoms with Gasteiger partial charge in [0, 0.05) is 7.11 Å². The zero-order valence-electron chi connectivity index (χ0n) is 9.38. The molecular weight excluding hydrogens is 228 g/mol. The average molecular weight is 244 g/mol. The normalized spacial score (nSPS) is 13.7. The molecule has 4 nitrogen and oxygen atoms in total. The first-order valence-electron chi connectivity index (χ1n) is 5.02. The van der Waals surface area contributed by atoms with Gasteiger partial charge in [0.25, 0.3) is 10.1 Å². The highest BCUT2D eigenvalue weighted by molar-refractivity contribution is 7.85. The zero-order chi connectivity index (χ0) is 12.2. The lowest BCUT2D eigenvalue weighted by Crippen LogP contribution is -2.06. The predicted octanol–water partition coefficient (Wildman–Crippen LogP) is 1.90. The molecule has 16 heavy (non-hydrogen) atoms. The van der Waals surface area contributed by atoms with Crippen molar-refractivity contribution in [1.29, 1.82) is 0 Å². The Morgan fingerprint density at radius 3 is 2.31 bits per heavy atom. The fraction of sp³-hybridized carbons (Fsp3) is 0.455. The second-order valence-electron chi connectivity index (χ2n) is 3.70. The van der Waals surface area contributed by atoms with E-state index in [1.165, 1.54) is 12.1 Å². The van der Waals surface area contributed by atoms with Crippen molar-refractivity contribution in [3.8, 4) is 0 Å². The summed E-state index contributed by atoms with van der Waals surface area (Å²) in [5.41, 5.74) is 1.02. The first-order valence-corrected chi connectivity index (χ1v) is 6.46. The van der Waals surface area contributed by atoms with Crippen LogP contribution in [-0.2, 0) is 21.3 Å². The van der Waals surface area contributed by atoms with Gasteiger partial charge in [0.05, 0.1) is 11.0 Å². The number of rotatable bonds is 5. The maximum atomic E-state index is 10.8. The third-order valence-corrected chi connectivity index (χ3v) is 3.33. The van der Waals surface area contributed by atoms with Crippen LogP contribution in [0.5, 0.6) is 0 Å². The smallest absolute Gasteiger partial charge is 0.294 e. The zero-order valence-corrected chi connectivity index (χ0v) is 10.2. The Morgan fingerprint density at radius 1 is 1.31 bits per heavy atom. The molecule has 90 valence electrons. The molecule has 0 fully saturated rings.